The van der Waals surface area contributed by atoms with Crippen LogP contribution in [-0.2, 0) is 19.1 Å². The van der Waals surface area contributed by atoms with Crippen molar-refractivity contribution in [2.75, 3.05) is 31.7 Å². The summed E-state index contributed by atoms with van der Waals surface area (Å²) in [6.07, 6.45) is 0. The van der Waals surface area contributed by atoms with Crippen molar-refractivity contribution < 1.29 is 33.0 Å². The molecular weight excluding hydrogens is 383 g/mol. The number of hydrogen-bond donors (Lipinski definition) is 2. The zero-order chi connectivity index (χ0) is 21.1. The van der Waals surface area contributed by atoms with E-state index in [0.29, 0.717) is 23.8 Å². The second-order valence-corrected chi connectivity index (χ2v) is 5.69. The highest BCUT2D eigenvalue weighted by Gasteiger charge is 2.10. The molecule has 2 aromatic rings. The van der Waals surface area contributed by atoms with Crippen LogP contribution < -0.4 is 20.1 Å². The molecule has 0 aliphatic carbocycles. The molecule has 2 N–H and O–H groups in total. The number of anilines is 1. The minimum Gasteiger partial charge on any atom is -0.494 e. The fourth-order valence-electron chi connectivity index (χ4n) is 2.10. The van der Waals surface area contributed by atoms with Crippen molar-refractivity contribution in [3.05, 3.63) is 54.3 Å². The molecule has 2 rings (SSSR count). The van der Waals surface area contributed by atoms with Crippen molar-refractivity contribution in [3.8, 4) is 11.5 Å². The number of nitrogens with one attached hydrogen (secondary N) is 2. The van der Waals surface area contributed by atoms with E-state index >= 15 is 0 Å². The summed E-state index contributed by atoms with van der Waals surface area (Å²) in [4.78, 5) is 35.0. The highest BCUT2D eigenvalue weighted by Crippen LogP contribution is 2.17. The van der Waals surface area contributed by atoms with Gasteiger partial charge in [0.15, 0.2) is 13.2 Å². The number of carbonyl (C=O) groups excluding carboxylic acids is 3. The molecule has 2 aromatic carbocycles. The van der Waals surface area contributed by atoms with Crippen molar-refractivity contribution in [2.24, 2.45) is 0 Å². The SMILES string of the molecule is CCOc1ccc(OCC(=O)OCC(=O)NCC(=O)Nc2ccc(F)cc2)cc1. The molecule has 0 aliphatic heterocycles. The molecule has 0 spiro atoms. The van der Waals surface area contributed by atoms with Crippen molar-refractivity contribution in [3.63, 3.8) is 0 Å². The molecule has 0 fully saturated rings. The Morgan fingerprint density at radius 2 is 1.48 bits per heavy atom. The zero-order valence-corrected chi connectivity index (χ0v) is 15.8. The van der Waals surface area contributed by atoms with Crippen LogP contribution in [0, 0.1) is 5.82 Å². The number of esters is 1. The van der Waals surface area contributed by atoms with Gasteiger partial charge in [-0.05, 0) is 55.5 Å². The smallest absolute Gasteiger partial charge is 0.344 e. The second-order valence-electron chi connectivity index (χ2n) is 5.69. The lowest BCUT2D eigenvalue weighted by Gasteiger charge is -2.09. The molecule has 2 amide bonds. The number of ether oxygens (including phenoxy) is 3. The van der Waals surface area contributed by atoms with Crippen LogP contribution in [0.3, 0.4) is 0 Å². The minimum atomic E-state index is -0.732. The van der Waals surface area contributed by atoms with Crippen molar-refractivity contribution in [2.45, 2.75) is 6.92 Å². The molecule has 0 unspecified atom stereocenters. The van der Waals surface area contributed by atoms with Gasteiger partial charge in [0, 0.05) is 5.69 Å². The normalized spacial score (nSPS) is 10.0. The van der Waals surface area contributed by atoms with Crippen LogP contribution in [0.15, 0.2) is 48.5 Å². The van der Waals surface area contributed by atoms with Crippen LogP contribution in [0.25, 0.3) is 0 Å². The van der Waals surface area contributed by atoms with E-state index in [4.69, 9.17) is 14.2 Å². The Kier molecular flexibility index (Phi) is 8.43. The largest absolute Gasteiger partial charge is 0.494 e. The van der Waals surface area contributed by atoms with Gasteiger partial charge < -0.3 is 24.8 Å². The second kappa shape index (κ2) is 11.3. The van der Waals surface area contributed by atoms with E-state index < -0.39 is 30.2 Å². The lowest BCUT2D eigenvalue weighted by Crippen LogP contribution is -2.36. The third-order valence-corrected chi connectivity index (χ3v) is 3.43. The lowest BCUT2D eigenvalue weighted by atomic mass is 10.3. The number of hydrogen-bond acceptors (Lipinski definition) is 6. The molecule has 0 radical (unpaired) electrons. The van der Waals surface area contributed by atoms with Gasteiger partial charge in [-0.15, -0.1) is 0 Å². The summed E-state index contributed by atoms with van der Waals surface area (Å²) in [7, 11) is 0. The van der Waals surface area contributed by atoms with E-state index in [1.807, 2.05) is 6.92 Å². The van der Waals surface area contributed by atoms with Gasteiger partial charge in [0.05, 0.1) is 13.2 Å². The highest BCUT2D eigenvalue weighted by atomic mass is 19.1. The van der Waals surface area contributed by atoms with Crippen molar-refractivity contribution >= 4 is 23.5 Å². The van der Waals surface area contributed by atoms with Gasteiger partial charge in [-0.1, -0.05) is 0 Å². The number of amides is 2. The first-order chi connectivity index (χ1) is 14.0. The molecule has 8 nitrogen and oxygen atoms in total. The number of rotatable bonds is 10. The predicted molar refractivity (Wildman–Crippen MR) is 102 cm³/mol. The minimum absolute atomic E-state index is 0.323. The quantitative estimate of drug-likeness (QED) is 0.587. The van der Waals surface area contributed by atoms with Crippen LogP contribution in [0.5, 0.6) is 11.5 Å². The Labute approximate surface area is 166 Å². The molecular formula is C20H21FN2O6. The number of carbonyl (C=O) groups is 3. The van der Waals surface area contributed by atoms with Gasteiger partial charge >= 0.3 is 5.97 Å². The molecule has 0 bridgehead atoms. The topological polar surface area (TPSA) is 103 Å². The maximum atomic E-state index is 12.8. The van der Waals surface area contributed by atoms with Crippen molar-refractivity contribution in [1.29, 1.82) is 0 Å². The Balaban J connectivity index is 1.61. The number of benzene rings is 2. The summed E-state index contributed by atoms with van der Waals surface area (Å²) in [6.45, 7) is 1.18. The maximum absolute atomic E-state index is 12.8. The first-order valence-corrected chi connectivity index (χ1v) is 8.79. The molecule has 0 heterocycles. The van der Waals surface area contributed by atoms with E-state index in [2.05, 4.69) is 10.6 Å². The highest BCUT2D eigenvalue weighted by molar-refractivity contribution is 5.94. The summed E-state index contributed by atoms with van der Waals surface area (Å²) in [6, 6.07) is 11.9. The van der Waals surface area contributed by atoms with Crippen LogP contribution in [-0.4, -0.2) is 44.1 Å². The van der Waals surface area contributed by atoms with E-state index in [1.165, 1.54) is 24.3 Å². The molecule has 0 saturated heterocycles. The molecule has 29 heavy (non-hydrogen) atoms. The first-order valence-electron chi connectivity index (χ1n) is 8.79. The van der Waals surface area contributed by atoms with Gasteiger partial charge in [-0.3, -0.25) is 9.59 Å². The first kappa shape index (κ1) is 21.7. The molecule has 9 heteroatoms. The van der Waals surface area contributed by atoms with E-state index in [1.54, 1.807) is 24.3 Å². The van der Waals surface area contributed by atoms with E-state index in [9.17, 15) is 18.8 Å². The standard InChI is InChI=1S/C20H21FN2O6/c1-2-27-16-7-9-17(10-8-16)28-13-20(26)29-12-19(25)22-11-18(24)23-15-5-3-14(21)4-6-15/h3-10H,2,11-13H2,1H3,(H,22,25)(H,23,24). The monoisotopic (exact) mass is 404 g/mol. The molecule has 154 valence electrons. The number of halogens is 1. The molecule has 0 saturated carbocycles. The van der Waals surface area contributed by atoms with Gasteiger partial charge in [-0.2, -0.15) is 0 Å². The average molecular weight is 404 g/mol. The van der Waals surface area contributed by atoms with E-state index in [0.717, 1.165) is 0 Å². The van der Waals surface area contributed by atoms with Crippen LogP contribution in [0.1, 0.15) is 6.92 Å². The summed E-state index contributed by atoms with van der Waals surface area (Å²) < 4.78 is 28.1. The van der Waals surface area contributed by atoms with Crippen LogP contribution in [0.2, 0.25) is 0 Å². The summed E-state index contributed by atoms with van der Waals surface area (Å²) in [5.74, 6) is -1.17. The Hall–Kier alpha value is -3.62. The van der Waals surface area contributed by atoms with Gasteiger partial charge in [0.25, 0.3) is 5.91 Å². The van der Waals surface area contributed by atoms with Gasteiger partial charge in [0.1, 0.15) is 17.3 Å². The molecule has 0 atom stereocenters. The summed E-state index contributed by atoms with van der Waals surface area (Å²) in [5.41, 5.74) is 0.392. The summed E-state index contributed by atoms with van der Waals surface area (Å²) >= 11 is 0. The Morgan fingerprint density at radius 1 is 0.862 bits per heavy atom. The Morgan fingerprint density at radius 3 is 2.10 bits per heavy atom. The van der Waals surface area contributed by atoms with Crippen LogP contribution in [0.4, 0.5) is 10.1 Å². The molecule has 0 aromatic heterocycles. The van der Waals surface area contributed by atoms with Crippen molar-refractivity contribution in [1.82, 2.24) is 5.32 Å². The lowest BCUT2D eigenvalue weighted by molar-refractivity contribution is -0.150. The van der Waals surface area contributed by atoms with E-state index in [-0.39, 0.29) is 13.2 Å². The Bertz CT molecular complexity index is 824. The third-order valence-electron chi connectivity index (χ3n) is 3.43. The van der Waals surface area contributed by atoms with Crippen LogP contribution >= 0.6 is 0 Å². The fourth-order valence-corrected chi connectivity index (χ4v) is 2.10. The molecule has 0 aliphatic rings. The average Bonchev–Trinajstić information content (AvgIpc) is 2.72. The zero-order valence-electron chi connectivity index (χ0n) is 15.8. The van der Waals surface area contributed by atoms with Gasteiger partial charge in [0.2, 0.25) is 5.91 Å². The van der Waals surface area contributed by atoms with Gasteiger partial charge in [-0.25, -0.2) is 9.18 Å². The third kappa shape index (κ3) is 8.29. The maximum Gasteiger partial charge on any atom is 0.344 e. The fraction of sp³-hybridized carbons (Fsp3) is 0.250. The predicted octanol–water partition coefficient (Wildman–Crippen LogP) is 1.90. The summed E-state index contributed by atoms with van der Waals surface area (Å²) in [5, 5.41) is 4.79.